The molecule has 0 radical (unpaired) electrons. The lowest BCUT2D eigenvalue weighted by molar-refractivity contribution is 0.306. The van der Waals surface area contributed by atoms with Crippen molar-refractivity contribution < 1.29 is 14.2 Å². The maximum absolute atomic E-state index is 12.9. The third-order valence-electron chi connectivity index (χ3n) is 5.15. The molecule has 7 nitrogen and oxygen atoms in total. The lowest BCUT2D eigenvalue weighted by Crippen LogP contribution is -2.23. The zero-order chi connectivity index (χ0) is 23.9. The molecule has 0 unspecified atom stereocenters. The molecule has 176 valence electrons. The SMILES string of the molecule is C=CCOc1ccc(C=c2sc3nc(-c4ccc(OCCCCC)cc4)nn3c2=O)cc1OC. The first-order valence-electron chi connectivity index (χ1n) is 11.2. The largest absolute Gasteiger partial charge is 0.494 e. The first-order chi connectivity index (χ1) is 16.6. The van der Waals surface area contributed by atoms with E-state index < -0.39 is 0 Å². The first-order valence-corrected chi connectivity index (χ1v) is 12.0. The van der Waals surface area contributed by atoms with E-state index in [0.29, 0.717) is 40.0 Å². The van der Waals surface area contributed by atoms with Gasteiger partial charge in [-0.15, -0.1) is 5.10 Å². The Labute approximate surface area is 201 Å². The number of hydrogen-bond acceptors (Lipinski definition) is 7. The van der Waals surface area contributed by atoms with Crippen LogP contribution in [0, 0.1) is 0 Å². The molecule has 0 amide bonds. The van der Waals surface area contributed by atoms with E-state index in [4.69, 9.17) is 14.2 Å². The van der Waals surface area contributed by atoms with Gasteiger partial charge in [0.15, 0.2) is 17.3 Å². The Hall–Kier alpha value is -3.65. The van der Waals surface area contributed by atoms with Crippen molar-refractivity contribution in [2.24, 2.45) is 0 Å². The van der Waals surface area contributed by atoms with Gasteiger partial charge in [0.1, 0.15) is 12.4 Å². The van der Waals surface area contributed by atoms with Gasteiger partial charge in [-0.3, -0.25) is 4.79 Å². The molecular weight excluding hydrogens is 450 g/mol. The van der Waals surface area contributed by atoms with E-state index in [9.17, 15) is 4.79 Å². The minimum absolute atomic E-state index is 0.208. The van der Waals surface area contributed by atoms with Crippen LogP contribution in [0.15, 0.2) is 59.9 Å². The molecule has 2 aromatic carbocycles. The van der Waals surface area contributed by atoms with Gasteiger partial charge >= 0.3 is 0 Å². The van der Waals surface area contributed by atoms with E-state index in [1.54, 1.807) is 19.3 Å². The topological polar surface area (TPSA) is 75.0 Å². The van der Waals surface area contributed by atoms with E-state index in [1.807, 2.05) is 42.5 Å². The zero-order valence-electron chi connectivity index (χ0n) is 19.3. The maximum Gasteiger partial charge on any atom is 0.291 e. The highest BCUT2D eigenvalue weighted by Gasteiger charge is 2.13. The van der Waals surface area contributed by atoms with Crippen molar-refractivity contribution in [3.8, 4) is 28.6 Å². The normalized spacial score (nSPS) is 11.6. The number of hydrogen-bond donors (Lipinski definition) is 0. The summed E-state index contributed by atoms with van der Waals surface area (Å²) in [5, 5.41) is 4.43. The van der Waals surface area contributed by atoms with Crippen LogP contribution in [-0.2, 0) is 0 Å². The van der Waals surface area contributed by atoms with Gasteiger partial charge in [0.25, 0.3) is 5.56 Å². The number of unbranched alkanes of at least 4 members (excludes halogenated alkanes) is 2. The molecule has 0 N–H and O–H groups in total. The van der Waals surface area contributed by atoms with Gasteiger partial charge in [0, 0.05) is 5.56 Å². The van der Waals surface area contributed by atoms with Crippen molar-refractivity contribution in [3.05, 3.63) is 75.6 Å². The molecule has 0 bridgehead atoms. The summed E-state index contributed by atoms with van der Waals surface area (Å²) in [6.07, 6.45) is 6.84. The second-order valence-corrected chi connectivity index (χ2v) is 8.64. The maximum atomic E-state index is 12.9. The van der Waals surface area contributed by atoms with Gasteiger partial charge in [0.2, 0.25) is 4.96 Å². The Kier molecular flexibility index (Phi) is 7.59. The van der Waals surface area contributed by atoms with Gasteiger partial charge in [-0.05, 0) is 54.5 Å². The number of nitrogens with zero attached hydrogens (tertiary/aromatic N) is 3. The molecule has 0 saturated heterocycles. The summed E-state index contributed by atoms with van der Waals surface area (Å²) >= 11 is 1.30. The Morgan fingerprint density at radius 1 is 1.09 bits per heavy atom. The monoisotopic (exact) mass is 477 g/mol. The van der Waals surface area contributed by atoms with Crippen LogP contribution in [0.1, 0.15) is 31.7 Å². The van der Waals surface area contributed by atoms with Crippen molar-refractivity contribution in [1.82, 2.24) is 14.6 Å². The third-order valence-corrected chi connectivity index (χ3v) is 6.11. The second-order valence-electron chi connectivity index (χ2n) is 7.64. The zero-order valence-corrected chi connectivity index (χ0v) is 20.1. The minimum atomic E-state index is -0.208. The van der Waals surface area contributed by atoms with Crippen molar-refractivity contribution >= 4 is 22.4 Å². The van der Waals surface area contributed by atoms with E-state index in [1.165, 1.54) is 15.9 Å². The highest BCUT2D eigenvalue weighted by atomic mass is 32.1. The summed E-state index contributed by atoms with van der Waals surface area (Å²) in [5.41, 5.74) is 1.45. The van der Waals surface area contributed by atoms with Crippen LogP contribution in [0.5, 0.6) is 17.2 Å². The molecule has 8 heteroatoms. The van der Waals surface area contributed by atoms with E-state index in [0.717, 1.165) is 36.1 Å². The van der Waals surface area contributed by atoms with Crippen LogP contribution in [0.25, 0.3) is 22.4 Å². The number of methoxy groups -OCH3 is 1. The van der Waals surface area contributed by atoms with Crippen LogP contribution in [0.2, 0.25) is 0 Å². The number of fused-ring (bicyclic) bond motifs is 1. The van der Waals surface area contributed by atoms with Crippen LogP contribution in [0.3, 0.4) is 0 Å². The Bertz CT molecular complexity index is 1380. The van der Waals surface area contributed by atoms with E-state index in [-0.39, 0.29) is 5.56 Å². The minimum Gasteiger partial charge on any atom is -0.494 e. The number of aromatic nitrogens is 3. The number of rotatable bonds is 11. The average Bonchev–Trinajstić information content (AvgIpc) is 3.40. The number of thiazole rings is 1. The fraction of sp³-hybridized carbons (Fsp3) is 0.269. The fourth-order valence-electron chi connectivity index (χ4n) is 3.39. The number of benzene rings is 2. The summed E-state index contributed by atoms with van der Waals surface area (Å²) in [4.78, 5) is 18.0. The molecule has 4 rings (SSSR count). The Morgan fingerprint density at radius 2 is 1.91 bits per heavy atom. The molecule has 0 fully saturated rings. The first kappa shape index (κ1) is 23.5. The summed E-state index contributed by atoms with van der Waals surface area (Å²) < 4.78 is 18.6. The molecule has 0 spiro atoms. The average molecular weight is 478 g/mol. The molecule has 0 aliphatic heterocycles. The van der Waals surface area contributed by atoms with Gasteiger partial charge in [0.05, 0.1) is 18.2 Å². The second kappa shape index (κ2) is 11.0. The van der Waals surface area contributed by atoms with Crippen molar-refractivity contribution in [2.75, 3.05) is 20.3 Å². The highest BCUT2D eigenvalue weighted by molar-refractivity contribution is 7.15. The third kappa shape index (κ3) is 5.28. The van der Waals surface area contributed by atoms with Gasteiger partial charge < -0.3 is 14.2 Å². The van der Waals surface area contributed by atoms with E-state index >= 15 is 0 Å². The van der Waals surface area contributed by atoms with Crippen LogP contribution in [0.4, 0.5) is 0 Å². The molecular formula is C26H27N3O4S. The summed E-state index contributed by atoms with van der Waals surface area (Å²) in [6.45, 7) is 6.91. The summed E-state index contributed by atoms with van der Waals surface area (Å²) in [6, 6.07) is 13.1. The van der Waals surface area contributed by atoms with Gasteiger partial charge in [-0.25, -0.2) is 0 Å². The number of ether oxygens (including phenoxy) is 3. The molecule has 0 aliphatic carbocycles. The summed E-state index contributed by atoms with van der Waals surface area (Å²) in [5.74, 6) is 2.53. The van der Waals surface area contributed by atoms with Gasteiger partial charge in [-0.2, -0.15) is 9.50 Å². The standard InChI is InChI=1S/C26H27N3O4S/c1-4-6-7-15-32-20-11-9-19(10-12-20)24-27-26-29(28-24)25(30)23(34-26)17-18-8-13-21(33-14-5-2)22(16-18)31-3/h5,8-13,16-17H,2,4,6-7,14-15H2,1,3H3. The summed E-state index contributed by atoms with van der Waals surface area (Å²) in [7, 11) is 1.58. The molecule has 34 heavy (non-hydrogen) atoms. The van der Waals surface area contributed by atoms with E-state index in [2.05, 4.69) is 23.6 Å². The smallest absolute Gasteiger partial charge is 0.291 e. The predicted molar refractivity (Wildman–Crippen MR) is 135 cm³/mol. The Morgan fingerprint density at radius 3 is 2.62 bits per heavy atom. The molecule has 0 aliphatic rings. The molecule has 0 atom stereocenters. The fourth-order valence-corrected chi connectivity index (χ4v) is 4.30. The van der Waals surface area contributed by atoms with Gasteiger partial charge in [-0.1, -0.05) is 49.8 Å². The molecule has 4 aromatic rings. The molecule has 2 heterocycles. The predicted octanol–water partition coefficient (Wildman–Crippen LogP) is 4.51. The lowest BCUT2D eigenvalue weighted by Gasteiger charge is -2.09. The Balaban J connectivity index is 1.55. The van der Waals surface area contributed by atoms with Crippen molar-refractivity contribution in [2.45, 2.75) is 26.2 Å². The lowest BCUT2D eigenvalue weighted by atomic mass is 10.2. The molecule has 0 saturated carbocycles. The van der Waals surface area contributed by atoms with Crippen LogP contribution < -0.4 is 24.3 Å². The molecule has 2 aromatic heterocycles. The van der Waals surface area contributed by atoms with Crippen molar-refractivity contribution in [1.29, 1.82) is 0 Å². The quantitative estimate of drug-likeness (QED) is 0.234. The van der Waals surface area contributed by atoms with Crippen LogP contribution >= 0.6 is 11.3 Å². The van der Waals surface area contributed by atoms with Crippen molar-refractivity contribution in [3.63, 3.8) is 0 Å². The highest BCUT2D eigenvalue weighted by Crippen LogP contribution is 2.28. The van der Waals surface area contributed by atoms with Crippen LogP contribution in [-0.4, -0.2) is 34.9 Å².